The van der Waals surface area contributed by atoms with Crippen LogP contribution in [0.2, 0.25) is 0 Å². The number of unbranched alkanes of at least 4 members (excludes halogenated alkanes) is 16. The molecule has 7 rings (SSSR count). The Labute approximate surface area is 317 Å². The van der Waals surface area contributed by atoms with Gasteiger partial charge in [-0.2, -0.15) is 0 Å². The third kappa shape index (κ3) is 7.44. The lowest BCUT2D eigenvalue weighted by Gasteiger charge is -2.23. The van der Waals surface area contributed by atoms with Crippen molar-refractivity contribution >= 4 is 88.7 Å². The quantitative estimate of drug-likeness (QED) is 0.0203. The van der Waals surface area contributed by atoms with Crippen LogP contribution in [-0.4, -0.2) is 11.5 Å². The molecule has 0 heterocycles. The van der Waals surface area contributed by atoms with E-state index in [0.29, 0.717) is 10.8 Å². The Morgan fingerprint density at radius 3 is 1.06 bits per heavy atom. The van der Waals surface area contributed by atoms with E-state index in [4.69, 9.17) is 8.37 Å². The van der Waals surface area contributed by atoms with Crippen molar-refractivity contribution in [3.8, 4) is 11.5 Å². The molecule has 0 aliphatic carbocycles. The fraction of sp³-hybridized carbons (Fsp3) is 0.478. The molecule has 0 aliphatic heterocycles. The molecule has 0 aromatic heterocycles. The monoisotopic (exact) mass is 734 g/mol. The van der Waals surface area contributed by atoms with Gasteiger partial charge in [0.2, 0.25) is 10.9 Å². The van der Waals surface area contributed by atoms with Crippen molar-refractivity contribution in [2.45, 2.75) is 129 Å². The van der Waals surface area contributed by atoms with Crippen LogP contribution in [0.5, 0.6) is 11.5 Å². The Kier molecular flexibility index (Phi) is 12.7. The van der Waals surface area contributed by atoms with Crippen molar-refractivity contribution in [1.29, 1.82) is 0 Å². The first-order valence-electron chi connectivity index (χ1n) is 20.3. The van der Waals surface area contributed by atoms with Crippen molar-refractivity contribution in [3.05, 3.63) is 69.0 Å². The number of hydrogen-bond donors (Lipinski definition) is 0. The second-order valence-electron chi connectivity index (χ2n) is 14.9. The van der Waals surface area contributed by atoms with Crippen LogP contribution in [-0.2, 0) is 0 Å². The van der Waals surface area contributed by atoms with Crippen molar-refractivity contribution in [2.24, 2.45) is 0 Å². The van der Waals surface area contributed by atoms with E-state index in [1.165, 1.54) is 127 Å². The normalized spacial score (nSPS) is 12.3. The summed E-state index contributed by atoms with van der Waals surface area (Å²) in [7, 11) is 0. The molecule has 7 aromatic carbocycles. The van der Waals surface area contributed by atoms with Gasteiger partial charge in [-0.1, -0.05) is 141 Å². The minimum absolute atomic E-state index is 0.419. The molecular weight excluding hydrogens is 681 g/mol. The Morgan fingerprint density at radius 1 is 0.385 bits per heavy atom. The lowest BCUT2D eigenvalue weighted by atomic mass is 9.82. The van der Waals surface area contributed by atoms with Crippen molar-refractivity contribution in [3.63, 3.8) is 0 Å². The lowest BCUT2D eigenvalue weighted by molar-refractivity contribution is 0.564. The van der Waals surface area contributed by atoms with E-state index in [1.807, 2.05) is 24.3 Å². The van der Waals surface area contributed by atoms with Gasteiger partial charge in [-0.3, -0.25) is 9.59 Å². The molecule has 274 valence electrons. The van der Waals surface area contributed by atoms with Crippen molar-refractivity contribution in [1.82, 2.24) is 0 Å². The zero-order valence-corrected chi connectivity index (χ0v) is 32.8. The fourth-order valence-corrected chi connectivity index (χ4v) is 9.81. The van der Waals surface area contributed by atoms with Crippen LogP contribution in [0.4, 0.5) is 0 Å². The molecule has 4 nitrogen and oxygen atoms in total. The SMILES string of the molecule is CCCCCCCCCCCSOc1c(OSCCCCCCCCCCC)c2ccc3ccc4c(=O)c(=O)c5ccc6ccc1c1c6c5c4c3c21. The molecule has 0 unspecified atom stereocenters. The molecule has 6 heteroatoms. The molecule has 0 atom stereocenters. The van der Waals surface area contributed by atoms with Gasteiger partial charge in [0.1, 0.15) is 0 Å². The summed E-state index contributed by atoms with van der Waals surface area (Å²) in [5, 5.41) is 11.2. The molecule has 0 aliphatic rings. The Balaban J connectivity index is 1.18. The highest BCUT2D eigenvalue weighted by Gasteiger charge is 2.28. The van der Waals surface area contributed by atoms with E-state index >= 15 is 0 Å². The van der Waals surface area contributed by atoms with Crippen LogP contribution >= 0.6 is 24.1 Å². The molecule has 0 radical (unpaired) electrons. The summed E-state index contributed by atoms with van der Waals surface area (Å²) in [5.41, 5.74) is -0.838. The largest absolute Gasteiger partial charge is 0.421 e. The minimum Gasteiger partial charge on any atom is -0.421 e. The van der Waals surface area contributed by atoms with Crippen LogP contribution in [0.1, 0.15) is 129 Å². The Morgan fingerprint density at radius 2 is 0.692 bits per heavy atom. The summed E-state index contributed by atoms with van der Waals surface area (Å²) in [4.78, 5) is 26.9. The molecule has 0 amide bonds. The van der Waals surface area contributed by atoms with Crippen LogP contribution in [0, 0.1) is 0 Å². The summed E-state index contributed by atoms with van der Waals surface area (Å²) in [6.45, 7) is 4.55. The topological polar surface area (TPSA) is 52.6 Å². The zero-order chi connectivity index (χ0) is 35.9. The van der Waals surface area contributed by atoms with Gasteiger partial charge in [0.15, 0.2) is 11.5 Å². The molecule has 0 saturated carbocycles. The summed E-state index contributed by atoms with van der Waals surface area (Å²) in [6, 6.07) is 16.3. The standard InChI is InChI=1S/C46H54O4S2/c1-3-5-7-9-11-13-15-17-19-29-51-49-45-35-27-23-31-21-25-33-39-37(31)41(35)42-36(46(45)50-52-30-20-18-16-14-12-10-8-6-4-2)28-24-32-22-26-34(40(39)38(32)42)44(48)43(33)47/h21-28H,3-20,29-30H2,1-2H3. The number of benzene rings is 7. The van der Waals surface area contributed by atoms with Gasteiger partial charge in [-0.05, 0) is 58.7 Å². The summed E-state index contributed by atoms with van der Waals surface area (Å²) in [5.74, 6) is 3.37. The van der Waals surface area contributed by atoms with E-state index in [0.717, 1.165) is 89.7 Å². The van der Waals surface area contributed by atoms with Crippen LogP contribution < -0.4 is 19.2 Å². The summed E-state index contributed by atoms with van der Waals surface area (Å²) < 4.78 is 13.4. The van der Waals surface area contributed by atoms with Gasteiger partial charge in [0, 0.05) is 54.6 Å². The van der Waals surface area contributed by atoms with Gasteiger partial charge < -0.3 is 8.37 Å². The third-order valence-electron chi connectivity index (χ3n) is 11.2. The third-order valence-corrected chi connectivity index (χ3v) is 12.7. The summed E-state index contributed by atoms with van der Waals surface area (Å²) in [6.07, 6.45) is 23.4. The maximum atomic E-state index is 13.5. The van der Waals surface area contributed by atoms with Crippen LogP contribution in [0.25, 0.3) is 64.6 Å². The first kappa shape index (κ1) is 37.1. The molecule has 52 heavy (non-hydrogen) atoms. The fourth-order valence-electron chi connectivity index (χ4n) is 8.43. The number of rotatable bonds is 24. The van der Waals surface area contributed by atoms with Gasteiger partial charge in [0.05, 0.1) is 24.1 Å². The molecule has 0 spiro atoms. The van der Waals surface area contributed by atoms with E-state index in [9.17, 15) is 9.59 Å². The highest BCUT2D eigenvalue weighted by atomic mass is 32.2. The molecule has 0 bridgehead atoms. The minimum atomic E-state index is -0.419. The Hall–Kier alpha value is -3.22. The van der Waals surface area contributed by atoms with Crippen molar-refractivity contribution in [2.75, 3.05) is 11.5 Å². The highest BCUT2D eigenvalue weighted by molar-refractivity contribution is 7.95. The first-order valence-corrected chi connectivity index (χ1v) is 22.1. The molecular formula is C46H54O4S2. The van der Waals surface area contributed by atoms with Gasteiger partial charge in [0.25, 0.3) is 0 Å². The maximum absolute atomic E-state index is 13.5. The molecule has 7 aromatic rings. The van der Waals surface area contributed by atoms with E-state index in [-0.39, 0.29) is 0 Å². The van der Waals surface area contributed by atoms with Crippen LogP contribution in [0.3, 0.4) is 0 Å². The van der Waals surface area contributed by atoms with Gasteiger partial charge in [-0.25, -0.2) is 0 Å². The predicted molar refractivity (Wildman–Crippen MR) is 229 cm³/mol. The second kappa shape index (κ2) is 17.7. The van der Waals surface area contributed by atoms with Gasteiger partial charge >= 0.3 is 0 Å². The lowest BCUT2D eigenvalue weighted by Crippen LogP contribution is -2.24. The maximum Gasteiger partial charge on any atom is 0.234 e. The average Bonchev–Trinajstić information content (AvgIpc) is 3.17. The van der Waals surface area contributed by atoms with E-state index in [1.54, 1.807) is 0 Å². The first-order chi connectivity index (χ1) is 25.7. The molecule has 0 N–H and O–H groups in total. The smallest absolute Gasteiger partial charge is 0.234 e. The highest BCUT2D eigenvalue weighted by Crippen LogP contribution is 2.54. The van der Waals surface area contributed by atoms with E-state index in [2.05, 4.69) is 38.1 Å². The Bertz CT molecular complexity index is 2140. The zero-order valence-electron chi connectivity index (χ0n) is 31.2. The van der Waals surface area contributed by atoms with Crippen molar-refractivity contribution < 1.29 is 8.37 Å². The second-order valence-corrected chi connectivity index (χ2v) is 16.6. The number of hydrogen-bond acceptors (Lipinski definition) is 6. The van der Waals surface area contributed by atoms with Gasteiger partial charge in [-0.15, -0.1) is 0 Å². The average molecular weight is 735 g/mol. The summed E-state index contributed by atoms with van der Waals surface area (Å²) >= 11 is 3.06. The van der Waals surface area contributed by atoms with Crippen LogP contribution in [0.15, 0.2) is 58.1 Å². The molecule has 0 fully saturated rings. The molecule has 0 saturated heterocycles. The van der Waals surface area contributed by atoms with E-state index < -0.39 is 10.9 Å². The predicted octanol–water partition coefficient (Wildman–Crippen LogP) is 14.2.